The first-order chi connectivity index (χ1) is 9.76. The normalized spacial score (nSPS) is 17.6. The van der Waals surface area contributed by atoms with E-state index in [0.717, 1.165) is 37.6 Å². The second kappa shape index (κ2) is 6.17. The molecule has 0 saturated carbocycles. The van der Waals surface area contributed by atoms with Crippen LogP contribution in [0, 0.1) is 4.84 Å². The van der Waals surface area contributed by atoms with Crippen molar-refractivity contribution in [2.24, 2.45) is 0 Å². The largest absolute Gasteiger partial charge is 0.408 e. The van der Waals surface area contributed by atoms with Gasteiger partial charge >= 0.3 is 0 Å². The predicted molar refractivity (Wildman–Crippen MR) is 82.3 cm³/mol. The zero-order valence-electron chi connectivity index (χ0n) is 11.5. The van der Waals surface area contributed by atoms with E-state index >= 15 is 0 Å². The van der Waals surface area contributed by atoms with Gasteiger partial charge in [0.05, 0.1) is 11.5 Å². The monoisotopic (exact) mass is 310 g/mol. The first kappa shape index (κ1) is 13.9. The van der Waals surface area contributed by atoms with E-state index in [4.69, 9.17) is 16.6 Å². The number of likely N-dealkylation sites (N-methyl/N-ethyl adjacent to an activating group) is 1. The van der Waals surface area contributed by atoms with Crippen molar-refractivity contribution in [2.45, 2.75) is 13.6 Å². The van der Waals surface area contributed by atoms with Crippen molar-refractivity contribution in [2.75, 3.05) is 32.7 Å². The minimum atomic E-state index is 0.450. The molecule has 1 aliphatic heterocycles. The van der Waals surface area contributed by atoms with Crippen molar-refractivity contribution >= 4 is 23.6 Å². The van der Waals surface area contributed by atoms with Gasteiger partial charge in [0.1, 0.15) is 0 Å². The molecule has 20 heavy (non-hydrogen) atoms. The van der Waals surface area contributed by atoms with Crippen LogP contribution < -0.4 is 0 Å². The highest BCUT2D eigenvalue weighted by Gasteiger charge is 2.17. The van der Waals surface area contributed by atoms with Crippen LogP contribution in [0.5, 0.6) is 0 Å². The molecular formula is C13H18N4OS2. The van der Waals surface area contributed by atoms with Crippen LogP contribution in [0.1, 0.15) is 6.92 Å². The smallest absolute Gasteiger partial charge is 0.288 e. The molecule has 0 N–H and O–H groups in total. The summed E-state index contributed by atoms with van der Waals surface area (Å²) < 4.78 is 7.37. The summed E-state index contributed by atoms with van der Waals surface area (Å²) in [7, 11) is 0. The maximum atomic E-state index is 5.58. The fourth-order valence-electron chi connectivity index (χ4n) is 2.33. The van der Waals surface area contributed by atoms with E-state index in [1.807, 2.05) is 17.5 Å². The van der Waals surface area contributed by atoms with E-state index in [9.17, 15) is 0 Å². The van der Waals surface area contributed by atoms with Gasteiger partial charge < -0.3 is 9.32 Å². The molecule has 0 spiro atoms. The van der Waals surface area contributed by atoms with E-state index in [1.165, 1.54) is 0 Å². The quantitative estimate of drug-likeness (QED) is 0.811. The summed E-state index contributed by atoms with van der Waals surface area (Å²) in [6.07, 6.45) is 0. The minimum absolute atomic E-state index is 0.450. The Labute approximate surface area is 127 Å². The van der Waals surface area contributed by atoms with Crippen molar-refractivity contribution in [3.63, 3.8) is 0 Å². The van der Waals surface area contributed by atoms with Gasteiger partial charge in [-0.25, -0.2) is 4.68 Å². The Balaban J connectivity index is 1.68. The van der Waals surface area contributed by atoms with Gasteiger partial charge in [0.2, 0.25) is 0 Å². The van der Waals surface area contributed by atoms with Gasteiger partial charge in [0.15, 0.2) is 0 Å². The van der Waals surface area contributed by atoms with Crippen molar-refractivity contribution in [3.05, 3.63) is 22.4 Å². The lowest BCUT2D eigenvalue weighted by molar-refractivity contribution is 0.105. The van der Waals surface area contributed by atoms with Crippen LogP contribution in [0.25, 0.3) is 10.8 Å². The van der Waals surface area contributed by atoms with E-state index in [0.29, 0.717) is 17.4 Å². The fourth-order valence-corrected chi connectivity index (χ4v) is 3.15. The maximum absolute atomic E-state index is 5.58. The lowest BCUT2D eigenvalue weighted by atomic mass is 10.3. The van der Waals surface area contributed by atoms with Crippen molar-refractivity contribution in [3.8, 4) is 10.8 Å². The highest BCUT2D eigenvalue weighted by molar-refractivity contribution is 7.71. The second-order valence-electron chi connectivity index (χ2n) is 4.84. The molecule has 3 rings (SSSR count). The van der Waals surface area contributed by atoms with Crippen LogP contribution in [0.2, 0.25) is 0 Å². The third-order valence-corrected chi connectivity index (χ3v) is 4.74. The number of rotatable bonds is 4. The highest BCUT2D eigenvalue weighted by atomic mass is 32.1. The predicted octanol–water partition coefficient (Wildman–Crippen LogP) is 2.53. The van der Waals surface area contributed by atoms with Gasteiger partial charge in [-0.3, -0.25) is 4.90 Å². The second-order valence-corrected chi connectivity index (χ2v) is 6.14. The standard InChI is InChI=1S/C13H18N4OS2/c1-2-15-5-7-16(8-6-15)10-17-13(19)18-12(14-17)11-4-3-9-20-11/h3-4,9H,2,5-8,10H2,1H3. The van der Waals surface area contributed by atoms with Crippen LogP contribution in [0.3, 0.4) is 0 Å². The van der Waals surface area contributed by atoms with Gasteiger partial charge in [-0.1, -0.05) is 13.0 Å². The Hall–Kier alpha value is -1.02. The van der Waals surface area contributed by atoms with Crippen LogP contribution in [-0.4, -0.2) is 52.3 Å². The summed E-state index contributed by atoms with van der Waals surface area (Å²) in [5, 5.41) is 6.50. The summed E-state index contributed by atoms with van der Waals surface area (Å²) >= 11 is 6.87. The summed E-state index contributed by atoms with van der Waals surface area (Å²) in [6, 6.07) is 3.98. The van der Waals surface area contributed by atoms with E-state index in [1.54, 1.807) is 16.0 Å². The van der Waals surface area contributed by atoms with Gasteiger partial charge in [-0.15, -0.1) is 16.4 Å². The molecule has 0 radical (unpaired) electrons. The SMILES string of the molecule is CCN1CCN(Cn2nc(-c3cccs3)oc2=S)CC1. The molecule has 0 amide bonds. The molecule has 0 unspecified atom stereocenters. The van der Waals surface area contributed by atoms with E-state index < -0.39 is 0 Å². The number of piperazine rings is 1. The van der Waals surface area contributed by atoms with Gasteiger partial charge in [-0.2, -0.15) is 0 Å². The molecule has 0 aliphatic carbocycles. The minimum Gasteiger partial charge on any atom is -0.408 e. The fraction of sp³-hybridized carbons (Fsp3) is 0.538. The number of nitrogens with zero attached hydrogens (tertiary/aromatic N) is 4. The molecule has 0 aromatic carbocycles. The zero-order chi connectivity index (χ0) is 13.9. The summed E-state index contributed by atoms with van der Waals surface area (Å²) in [5.74, 6) is 0.622. The van der Waals surface area contributed by atoms with E-state index in [2.05, 4.69) is 21.8 Å². The van der Waals surface area contributed by atoms with Gasteiger partial charge in [-0.05, 0) is 30.2 Å². The Bertz CT molecular complexity index is 596. The molecule has 7 heteroatoms. The molecule has 1 fully saturated rings. The lowest BCUT2D eigenvalue weighted by Gasteiger charge is -2.33. The molecule has 1 aliphatic rings. The molecule has 2 aromatic heterocycles. The lowest BCUT2D eigenvalue weighted by Crippen LogP contribution is -2.46. The number of thiophene rings is 1. The summed E-state index contributed by atoms with van der Waals surface area (Å²) in [6.45, 7) is 8.37. The Kier molecular flexibility index (Phi) is 4.30. The molecule has 2 aromatic rings. The molecule has 1 saturated heterocycles. The number of hydrogen-bond donors (Lipinski definition) is 0. The van der Waals surface area contributed by atoms with Crippen LogP contribution >= 0.6 is 23.6 Å². The molecule has 0 bridgehead atoms. The first-order valence-electron chi connectivity index (χ1n) is 6.83. The van der Waals surface area contributed by atoms with Gasteiger partial charge in [0.25, 0.3) is 10.7 Å². The first-order valence-corrected chi connectivity index (χ1v) is 8.11. The van der Waals surface area contributed by atoms with Crippen molar-refractivity contribution in [1.82, 2.24) is 19.6 Å². The van der Waals surface area contributed by atoms with Crippen molar-refractivity contribution in [1.29, 1.82) is 0 Å². The molecule has 5 nitrogen and oxygen atoms in total. The number of hydrogen-bond acceptors (Lipinski definition) is 6. The van der Waals surface area contributed by atoms with Crippen LogP contribution in [-0.2, 0) is 6.67 Å². The highest BCUT2D eigenvalue weighted by Crippen LogP contribution is 2.23. The van der Waals surface area contributed by atoms with Gasteiger partial charge in [0, 0.05) is 26.2 Å². The Morgan fingerprint density at radius 3 is 2.70 bits per heavy atom. The number of aromatic nitrogens is 2. The molecule has 0 atom stereocenters. The topological polar surface area (TPSA) is 37.4 Å². The summed E-state index contributed by atoms with van der Waals surface area (Å²) in [5.41, 5.74) is 0. The summed E-state index contributed by atoms with van der Waals surface area (Å²) in [4.78, 5) is 6.29. The third kappa shape index (κ3) is 3.01. The van der Waals surface area contributed by atoms with E-state index in [-0.39, 0.29) is 0 Å². The average Bonchev–Trinajstić information content (AvgIpc) is 3.10. The Morgan fingerprint density at radius 2 is 2.05 bits per heavy atom. The van der Waals surface area contributed by atoms with Crippen LogP contribution in [0.15, 0.2) is 21.9 Å². The maximum Gasteiger partial charge on any atom is 0.288 e. The third-order valence-electron chi connectivity index (χ3n) is 3.58. The molecular weight excluding hydrogens is 292 g/mol. The molecule has 3 heterocycles. The Morgan fingerprint density at radius 1 is 1.30 bits per heavy atom. The average molecular weight is 310 g/mol. The van der Waals surface area contributed by atoms with Crippen LogP contribution in [0.4, 0.5) is 0 Å². The zero-order valence-corrected chi connectivity index (χ0v) is 13.1. The van der Waals surface area contributed by atoms with Crippen molar-refractivity contribution < 1.29 is 4.42 Å². The molecule has 108 valence electrons.